The summed E-state index contributed by atoms with van der Waals surface area (Å²) >= 11 is 3.44. The fraction of sp³-hybridized carbons (Fsp3) is 0.462. The Morgan fingerprint density at radius 3 is 2.76 bits per heavy atom. The van der Waals surface area contributed by atoms with Crippen LogP contribution in [-0.2, 0) is 10.5 Å². The first-order chi connectivity index (χ1) is 16.2. The summed E-state index contributed by atoms with van der Waals surface area (Å²) < 4.78 is 0.702. The first kappa shape index (κ1) is 24.7. The number of aryl methyl sites for hydroxylation is 2. The van der Waals surface area contributed by atoms with Gasteiger partial charge in [0.1, 0.15) is 0 Å². The van der Waals surface area contributed by atoms with Gasteiger partial charge in [-0.05, 0) is 93.6 Å². The van der Waals surface area contributed by atoms with Crippen molar-refractivity contribution in [3.63, 3.8) is 0 Å². The van der Waals surface area contributed by atoms with Crippen molar-refractivity contribution >= 4 is 39.2 Å². The molecule has 7 nitrogen and oxygen atoms in total. The Labute approximate surface area is 209 Å². The van der Waals surface area contributed by atoms with Crippen LogP contribution >= 0.6 is 15.9 Å². The highest BCUT2D eigenvalue weighted by Gasteiger charge is 2.52. The number of aliphatic hydroxyl groups is 1. The number of amides is 3. The molecule has 2 heterocycles. The van der Waals surface area contributed by atoms with Gasteiger partial charge in [0.15, 0.2) is 0 Å². The summed E-state index contributed by atoms with van der Waals surface area (Å²) in [7, 11) is 0. The van der Waals surface area contributed by atoms with E-state index in [1.54, 1.807) is 24.3 Å². The van der Waals surface area contributed by atoms with E-state index in [1.807, 2.05) is 26.0 Å². The quantitative estimate of drug-likeness (QED) is 0.482. The number of anilines is 2. The van der Waals surface area contributed by atoms with Gasteiger partial charge >= 0.3 is 6.03 Å². The van der Waals surface area contributed by atoms with Crippen LogP contribution in [-0.4, -0.2) is 48.1 Å². The molecule has 2 aliphatic rings. The number of hydrogen-bond donors (Lipinski definition) is 3. The third-order valence-corrected chi connectivity index (χ3v) is 7.36. The summed E-state index contributed by atoms with van der Waals surface area (Å²) in [6, 6.07) is 10.0. The van der Waals surface area contributed by atoms with Crippen LogP contribution in [0.3, 0.4) is 0 Å². The molecule has 0 aliphatic carbocycles. The van der Waals surface area contributed by atoms with E-state index in [4.69, 9.17) is 0 Å². The van der Waals surface area contributed by atoms with Crippen molar-refractivity contribution in [1.82, 2.24) is 10.2 Å². The van der Waals surface area contributed by atoms with E-state index < -0.39 is 17.7 Å². The first-order valence-corrected chi connectivity index (χ1v) is 12.7. The Hall–Kier alpha value is -2.42. The molecule has 2 aliphatic heterocycles. The Bertz CT molecular complexity index is 1090. The number of halogens is 1. The third-order valence-electron chi connectivity index (χ3n) is 6.87. The van der Waals surface area contributed by atoms with Crippen molar-refractivity contribution in [1.29, 1.82) is 0 Å². The van der Waals surface area contributed by atoms with E-state index in [0.29, 0.717) is 33.9 Å². The third kappa shape index (κ3) is 4.85. The average Bonchev–Trinajstić information content (AvgIpc) is 2.79. The Balaban J connectivity index is 1.59. The van der Waals surface area contributed by atoms with Crippen LogP contribution in [0.1, 0.15) is 42.9 Å². The number of carbonyl (C=O) groups excluding carboxylic acids is 2. The number of piperidine rings is 1. The first-order valence-electron chi connectivity index (χ1n) is 11.9. The van der Waals surface area contributed by atoms with Crippen molar-refractivity contribution in [3.8, 4) is 0 Å². The molecule has 0 bridgehead atoms. The Morgan fingerprint density at radius 2 is 2.03 bits per heavy atom. The number of fused-ring (bicyclic) bond motifs is 1. The summed E-state index contributed by atoms with van der Waals surface area (Å²) in [6.07, 6.45) is 3.25. The molecule has 2 aromatic rings. The molecular weight excluding hydrogens is 496 g/mol. The molecule has 3 N–H and O–H groups in total. The molecule has 8 heteroatoms. The molecule has 0 aromatic heterocycles. The summed E-state index contributed by atoms with van der Waals surface area (Å²) in [4.78, 5) is 30.3. The SMILES string of the molecule is Cc1ccc(N2C(=O)Nc3ccc(Br)cc3[C@]2(O)C(=O)NCCCN2CCC[C@H](C)C2)cc1C. The maximum absolute atomic E-state index is 13.6. The molecule has 0 spiro atoms. The van der Waals surface area contributed by atoms with Gasteiger partial charge in [0, 0.05) is 28.8 Å². The van der Waals surface area contributed by atoms with Gasteiger partial charge in [-0.3, -0.25) is 9.69 Å². The molecule has 0 radical (unpaired) electrons. The molecule has 0 saturated carbocycles. The second-order valence-corrected chi connectivity index (χ2v) is 10.5. The second kappa shape index (κ2) is 10.1. The van der Waals surface area contributed by atoms with E-state index in [0.717, 1.165) is 42.1 Å². The highest BCUT2D eigenvalue weighted by Crippen LogP contribution is 2.41. The van der Waals surface area contributed by atoms with Crippen LogP contribution in [0.2, 0.25) is 0 Å². The largest absolute Gasteiger partial charge is 0.359 e. The highest BCUT2D eigenvalue weighted by atomic mass is 79.9. The molecule has 1 fully saturated rings. The van der Waals surface area contributed by atoms with Crippen molar-refractivity contribution in [2.75, 3.05) is 36.4 Å². The van der Waals surface area contributed by atoms with E-state index in [-0.39, 0.29) is 0 Å². The number of likely N-dealkylation sites (tertiary alicyclic amines) is 1. The van der Waals surface area contributed by atoms with Gasteiger partial charge in [-0.1, -0.05) is 28.9 Å². The van der Waals surface area contributed by atoms with Gasteiger partial charge in [-0.25, -0.2) is 4.79 Å². The van der Waals surface area contributed by atoms with E-state index in [9.17, 15) is 14.7 Å². The number of nitrogens with zero attached hydrogens (tertiary/aromatic N) is 2. The molecular formula is C26H33BrN4O3. The number of rotatable bonds is 6. The normalized spacial score (nSPS) is 22.8. The molecule has 0 unspecified atom stereocenters. The average molecular weight is 529 g/mol. The van der Waals surface area contributed by atoms with Gasteiger partial charge in [0.05, 0.1) is 5.69 Å². The molecule has 3 amide bonds. The summed E-state index contributed by atoms with van der Waals surface area (Å²) in [6.45, 7) is 9.67. The lowest BCUT2D eigenvalue weighted by Crippen LogP contribution is -2.62. The number of nitrogens with one attached hydrogen (secondary N) is 2. The topological polar surface area (TPSA) is 84.9 Å². The monoisotopic (exact) mass is 528 g/mol. The van der Waals surface area contributed by atoms with Crippen LogP contribution < -0.4 is 15.5 Å². The smallest absolute Gasteiger partial charge is 0.329 e. The minimum atomic E-state index is -2.19. The zero-order valence-corrected chi connectivity index (χ0v) is 21.6. The maximum atomic E-state index is 13.6. The lowest BCUT2D eigenvalue weighted by atomic mass is 9.94. The van der Waals surface area contributed by atoms with Crippen LogP contribution in [0.25, 0.3) is 0 Å². The predicted molar refractivity (Wildman–Crippen MR) is 138 cm³/mol. The molecule has 1 saturated heterocycles. The fourth-order valence-electron chi connectivity index (χ4n) is 4.86. The van der Waals surface area contributed by atoms with Gasteiger partial charge < -0.3 is 20.6 Å². The van der Waals surface area contributed by atoms with Crippen molar-refractivity contribution in [3.05, 3.63) is 57.6 Å². The van der Waals surface area contributed by atoms with Gasteiger partial charge in [0.2, 0.25) is 0 Å². The molecule has 2 aromatic carbocycles. The van der Waals surface area contributed by atoms with E-state index >= 15 is 0 Å². The fourth-order valence-corrected chi connectivity index (χ4v) is 5.22. The minimum absolute atomic E-state index is 0.321. The van der Waals surface area contributed by atoms with Gasteiger partial charge in [-0.2, -0.15) is 0 Å². The zero-order valence-electron chi connectivity index (χ0n) is 20.0. The lowest BCUT2D eigenvalue weighted by Gasteiger charge is -2.43. The maximum Gasteiger partial charge on any atom is 0.329 e. The highest BCUT2D eigenvalue weighted by molar-refractivity contribution is 9.10. The van der Waals surface area contributed by atoms with E-state index in [2.05, 4.69) is 38.4 Å². The summed E-state index contributed by atoms with van der Waals surface area (Å²) in [5, 5.41) is 17.7. The predicted octanol–water partition coefficient (Wildman–Crippen LogP) is 4.50. The standard InChI is InChI=1S/C26H33BrN4O3/c1-17-6-4-12-30(16-17)13-5-11-28-24(32)26(34)22-15-20(27)8-10-23(22)29-25(33)31(26)21-9-7-18(2)19(3)14-21/h7-10,14-15,17,34H,4-6,11-13,16H2,1-3H3,(H,28,32)(H,29,33)/t17-,26-/m0/s1. The summed E-state index contributed by atoms with van der Waals surface area (Å²) in [5.74, 6) is 0.0817. The zero-order chi connectivity index (χ0) is 24.5. The molecule has 4 rings (SSSR count). The number of hydrogen-bond acceptors (Lipinski definition) is 4. The van der Waals surface area contributed by atoms with E-state index in [1.165, 1.54) is 12.8 Å². The van der Waals surface area contributed by atoms with Gasteiger partial charge in [0.25, 0.3) is 11.6 Å². The van der Waals surface area contributed by atoms with Gasteiger partial charge in [-0.15, -0.1) is 0 Å². The minimum Gasteiger partial charge on any atom is -0.359 e. The number of urea groups is 1. The second-order valence-electron chi connectivity index (χ2n) is 9.55. The summed E-state index contributed by atoms with van der Waals surface area (Å²) in [5.41, 5.74) is 1.01. The van der Waals surface area contributed by atoms with Crippen LogP contribution in [0.4, 0.5) is 16.2 Å². The van der Waals surface area contributed by atoms with Crippen molar-refractivity contribution in [2.45, 2.75) is 45.8 Å². The lowest BCUT2D eigenvalue weighted by molar-refractivity contribution is -0.140. The number of benzene rings is 2. The van der Waals surface area contributed by atoms with Crippen LogP contribution in [0.15, 0.2) is 40.9 Å². The Kier molecular flexibility index (Phi) is 7.31. The Morgan fingerprint density at radius 1 is 1.24 bits per heavy atom. The van der Waals surface area contributed by atoms with Crippen molar-refractivity contribution in [2.24, 2.45) is 5.92 Å². The molecule has 2 atom stereocenters. The molecule has 182 valence electrons. The number of carbonyl (C=O) groups is 2. The van der Waals surface area contributed by atoms with Crippen molar-refractivity contribution < 1.29 is 14.7 Å². The molecule has 34 heavy (non-hydrogen) atoms. The van der Waals surface area contributed by atoms with Crippen LogP contribution in [0, 0.1) is 19.8 Å². The van der Waals surface area contributed by atoms with Crippen LogP contribution in [0.5, 0.6) is 0 Å².